The summed E-state index contributed by atoms with van der Waals surface area (Å²) in [5, 5.41) is 0. The Balaban J connectivity index is 1.98. The normalized spacial score (nSPS) is 14.0. The number of halogens is 3. The van der Waals surface area contributed by atoms with E-state index in [1.165, 1.54) is 34.9 Å². The van der Waals surface area contributed by atoms with Gasteiger partial charge in [0.25, 0.3) is 5.56 Å². The lowest BCUT2D eigenvalue weighted by Crippen LogP contribution is -2.87. The molecule has 1 aromatic carbocycles. The summed E-state index contributed by atoms with van der Waals surface area (Å²) < 4.78 is 41.9. The number of aryl methyl sites for hydroxylation is 1. The first-order chi connectivity index (χ1) is 11.8. The van der Waals surface area contributed by atoms with Crippen LogP contribution < -0.4 is 21.1 Å². The SMILES string of the molecule is Cc1cc(=O)n(-c2ccc(OC(F)(F)F)cc2)cc1C1=CN[NH2+]C=C1. The highest BCUT2D eigenvalue weighted by atomic mass is 19.4. The molecule has 0 bridgehead atoms. The van der Waals surface area contributed by atoms with Crippen LogP contribution in [0, 0.1) is 6.92 Å². The van der Waals surface area contributed by atoms with Gasteiger partial charge in [-0.2, -0.15) is 0 Å². The molecule has 0 fully saturated rings. The van der Waals surface area contributed by atoms with Gasteiger partial charge in [-0.25, -0.2) is 10.9 Å². The van der Waals surface area contributed by atoms with Crippen LogP contribution in [0.2, 0.25) is 0 Å². The third kappa shape index (κ3) is 3.92. The Morgan fingerprint density at radius 2 is 1.92 bits per heavy atom. The zero-order valence-corrected chi connectivity index (χ0v) is 13.2. The molecule has 25 heavy (non-hydrogen) atoms. The maximum absolute atomic E-state index is 12.3. The number of alkyl halides is 3. The molecule has 130 valence electrons. The van der Waals surface area contributed by atoms with Crippen molar-refractivity contribution in [1.82, 2.24) is 9.99 Å². The van der Waals surface area contributed by atoms with Gasteiger partial charge in [0, 0.05) is 35.2 Å². The fraction of sp³-hybridized carbons (Fsp3) is 0.118. The van der Waals surface area contributed by atoms with E-state index in [2.05, 4.69) is 10.2 Å². The van der Waals surface area contributed by atoms with Crippen LogP contribution in [0.4, 0.5) is 13.2 Å². The van der Waals surface area contributed by atoms with Crippen molar-refractivity contribution < 1.29 is 23.3 Å². The molecule has 0 radical (unpaired) electrons. The second kappa shape index (κ2) is 6.48. The van der Waals surface area contributed by atoms with Crippen LogP contribution in [0.1, 0.15) is 11.1 Å². The highest BCUT2D eigenvalue weighted by Gasteiger charge is 2.31. The molecule has 0 saturated heterocycles. The summed E-state index contributed by atoms with van der Waals surface area (Å²) in [4.78, 5) is 12.3. The van der Waals surface area contributed by atoms with E-state index in [0.717, 1.165) is 16.7 Å². The van der Waals surface area contributed by atoms with Gasteiger partial charge in [0.2, 0.25) is 0 Å². The zero-order valence-electron chi connectivity index (χ0n) is 13.2. The molecular formula is C17H15F3N3O2+. The topological polar surface area (TPSA) is 59.9 Å². The third-order valence-corrected chi connectivity index (χ3v) is 3.63. The van der Waals surface area contributed by atoms with Gasteiger partial charge in [-0.05, 0) is 36.8 Å². The summed E-state index contributed by atoms with van der Waals surface area (Å²) in [6, 6.07) is 6.63. The monoisotopic (exact) mass is 350 g/mol. The first-order valence-electron chi connectivity index (χ1n) is 7.39. The van der Waals surface area contributed by atoms with Gasteiger partial charge in [-0.3, -0.25) is 9.36 Å². The highest BCUT2D eigenvalue weighted by Crippen LogP contribution is 2.24. The van der Waals surface area contributed by atoms with Gasteiger partial charge in [-0.1, -0.05) is 0 Å². The molecule has 3 rings (SSSR count). The summed E-state index contributed by atoms with van der Waals surface area (Å²) in [5.74, 6) is -0.339. The number of aromatic nitrogens is 1. The summed E-state index contributed by atoms with van der Waals surface area (Å²) in [7, 11) is 0. The lowest BCUT2D eigenvalue weighted by atomic mass is 10.0. The molecule has 2 heterocycles. The molecule has 1 aliphatic heterocycles. The fourth-order valence-corrected chi connectivity index (χ4v) is 2.50. The molecule has 1 aliphatic rings. The molecule has 0 amide bonds. The quantitative estimate of drug-likeness (QED) is 0.833. The summed E-state index contributed by atoms with van der Waals surface area (Å²) in [5.41, 5.74) is 7.46. The first-order valence-corrected chi connectivity index (χ1v) is 7.39. The summed E-state index contributed by atoms with van der Waals surface area (Å²) >= 11 is 0. The molecule has 0 spiro atoms. The minimum Gasteiger partial charge on any atom is -0.406 e. The van der Waals surface area contributed by atoms with Crippen LogP contribution in [-0.4, -0.2) is 10.9 Å². The molecule has 0 saturated carbocycles. The summed E-state index contributed by atoms with van der Waals surface area (Å²) in [6.45, 7) is 1.83. The number of nitrogens with one attached hydrogen (secondary N) is 1. The molecule has 0 aliphatic carbocycles. The number of nitrogens with zero attached hydrogens (tertiary/aromatic N) is 1. The van der Waals surface area contributed by atoms with Gasteiger partial charge < -0.3 is 4.74 Å². The molecule has 2 aromatic rings. The van der Waals surface area contributed by atoms with E-state index in [9.17, 15) is 18.0 Å². The highest BCUT2D eigenvalue weighted by molar-refractivity contribution is 5.75. The molecule has 8 heteroatoms. The number of ether oxygens (including phenoxy) is 1. The third-order valence-electron chi connectivity index (χ3n) is 3.63. The van der Waals surface area contributed by atoms with Crippen molar-refractivity contribution in [2.24, 2.45) is 0 Å². The zero-order chi connectivity index (χ0) is 18.0. The Morgan fingerprint density at radius 3 is 2.52 bits per heavy atom. The van der Waals surface area contributed by atoms with Crippen molar-refractivity contribution in [3.8, 4) is 11.4 Å². The maximum atomic E-state index is 12.3. The number of hydrogen-bond acceptors (Lipinski definition) is 3. The van der Waals surface area contributed by atoms with E-state index in [1.807, 2.05) is 19.2 Å². The van der Waals surface area contributed by atoms with Crippen molar-refractivity contribution >= 4 is 5.57 Å². The largest absolute Gasteiger partial charge is 0.573 e. The Morgan fingerprint density at radius 1 is 1.20 bits per heavy atom. The lowest BCUT2D eigenvalue weighted by molar-refractivity contribution is -0.639. The van der Waals surface area contributed by atoms with Crippen molar-refractivity contribution in [2.45, 2.75) is 13.3 Å². The van der Waals surface area contributed by atoms with Crippen LogP contribution in [-0.2, 0) is 0 Å². The number of nitrogens with two attached hydrogens (primary N) is 1. The van der Waals surface area contributed by atoms with E-state index in [0.29, 0.717) is 5.69 Å². The van der Waals surface area contributed by atoms with E-state index >= 15 is 0 Å². The molecule has 0 unspecified atom stereocenters. The summed E-state index contributed by atoms with van der Waals surface area (Å²) in [6.07, 6.45) is 2.46. The van der Waals surface area contributed by atoms with Gasteiger partial charge in [0.05, 0.1) is 6.20 Å². The lowest BCUT2D eigenvalue weighted by Gasteiger charge is -2.14. The Hall–Kier alpha value is -3.00. The molecule has 0 atom stereocenters. The number of allylic oxidation sites excluding steroid dienone is 2. The second-order valence-electron chi connectivity index (χ2n) is 5.41. The van der Waals surface area contributed by atoms with E-state index < -0.39 is 6.36 Å². The van der Waals surface area contributed by atoms with Crippen LogP contribution >= 0.6 is 0 Å². The second-order valence-corrected chi connectivity index (χ2v) is 5.41. The van der Waals surface area contributed by atoms with Gasteiger partial charge in [0.15, 0.2) is 0 Å². The van der Waals surface area contributed by atoms with E-state index in [-0.39, 0.29) is 11.3 Å². The van der Waals surface area contributed by atoms with Crippen LogP contribution in [0.15, 0.2) is 59.8 Å². The minimum absolute atomic E-state index is 0.273. The Labute approximate surface area is 141 Å². The molecule has 5 nitrogen and oxygen atoms in total. The minimum atomic E-state index is -4.75. The molecular weight excluding hydrogens is 335 g/mol. The average molecular weight is 350 g/mol. The Kier molecular flexibility index (Phi) is 4.37. The van der Waals surface area contributed by atoms with Gasteiger partial charge >= 0.3 is 6.36 Å². The van der Waals surface area contributed by atoms with Crippen LogP contribution in [0.5, 0.6) is 5.75 Å². The van der Waals surface area contributed by atoms with Gasteiger partial charge in [0.1, 0.15) is 11.9 Å². The number of pyridine rings is 1. The number of quaternary nitrogens is 1. The van der Waals surface area contributed by atoms with Gasteiger partial charge in [-0.15, -0.1) is 13.2 Å². The van der Waals surface area contributed by atoms with Crippen LogP contribution in [0.3, 0.4) is 0 Å². The molecule has 1 aromatic heterocycles. The standard InChI is InChI=1S/C17H14F3N3O2/c1-11-8-16(24)23(10-15(11)12-6-7-21-22-9-12)13-2-4-14(5-3-13)25-17(18,19)20/h2-10,21-22H,1H3/p+1. The van der Waals surface area contributed by atoms with Crippen molar-refractivity contribution in [1.29, 1.82) is 0 Å². The van der Waals surface area contributed by atoms with E-state index in [4.69, 9.17) is 0 Å². The first kappa shape index (κ1) is 16.8. The van der Waals surface area contributed by atoms with Crippen LogP contribution in [0.25, 0.3) is 11.3 Å². The predicted molar refractivity (Wildman–Crippen MR) is 85.6 cm³/mol. The smallest absolute Gasteiger partial charge is 0.406 e. The van der Waals surface area contributed by atoms with E-state index in [1.54, 1.807) is 17.8 Å². The number of hydrogen-bond donors (Lipinski definition) is 2. The molecule has 3 N–H and O–H groups in total. The number of benzene rings is 1. The Bertz CT molecular complexity index is 897. The maximum Gasteiger partial charge on any atom is 0.573 e. The predicted octanol–water partition coefficient (Wildman–Crippen LogP) is 1.98. The number of rotatable bonds is 3. The van der Waals surface area contributed by atoms with Crippen molar-refractivity contribution in [3.05, 3.63) is 76.5 Å². The van der Waals surface area contributed by atoms with Crippen molar-refractivity contribution in [3.63, 3.8) is 0 Å². The van der Waals surface area contributed by atoms with Crippen molar-refractivity contribution in [2.75, 3.05) is 0 Å². The fourth-order valence-electron chi connectivity index (χ4n) is 2.50. The average Bonchev–Trinajstić information content (AvgIpc) is 2.55.